The summed E-state index contributed by atoms with van der Waals surface area (Å²) in [7, 11) is 0. The zero-order valence-corrected chi connectivity index (χ0v) is 11.8. The van der Waals surface area contributed by atoms with Gasteiger partial charge in [-0.2, -0.15) is 13.2 Å². The van der Waals surface area contributed by atoms with Crippen molar-refractivity contribution < 1.29 is 13.2 Å². The Morgan fingerprint density at radius 2 is 1.65 bits per heavy atom. The first-order chi connectivity index (χ1) is 9.41. The molecular formula is C14H17F3N2S. The van der Waals surface area contributed by atoms with E-state index in [4.69, 9.17) is 12.2 Å². The lowest BCUT2D eigenvalue weighted by molar-refractivity contribution is -0.142. The van der Waals surface area contributed by atoms with Crippen LogP contribution in [0.15, 0.2) is 30.3 Å². The SMILES string of the molecule is FC(F)(F)NC(=S)NC1(c2ccccc2)CCCCC1. The molecule has 0 spiro atoms. The van der Waals surface area contributed by atoms with Crippen molar-refractivity contribution in [2.75, 3.05) is 0 Å². The molecule has 2 rings (SSSR count). The van der Waals surface area contributed by atoms with Crippen molar-refractivity contribution >= 4 is 17.3 Å². The van der Waals surface area contributed by atoms with E-state index in [1.807, 2.05) is 30.3 Å². The minimum absolute atomic E-state index is 0.358. The van der Waals surface area contributed by atoms with E-state index in [1.165, 1.54) is 5.32 Å². The fraction of sp³-hybridized carbons (Fsp3) is 0.500. The van der Waals surface area contributed by atoms with Gasteiger partial charge >= 0.3 is 6.30 Å². The highest BCUT2D eigenvalue weighted by molar-refractivity contribution is 7.80. The molecule has 0 amide bonds. The van der Waals surface area contributed by atoms with Crippen LogP contribution in [-0.4, -0.2) is 11.4 Å². The van der Waals surface area contributed by atoms with E-state index in [0.717, 1.165) is 37.7 Å². The molecule has 1 aromatic carbocycles. The second-order valence-electron chi connectivity index (χ2n) is 5.09. The number of rotatable bonds is 2. The van der Waals surface area contributed by atoms with Crippen LogP contribution in [0.3, 0.4) is 0 Å². The van der Waals surface area contributed by atoms with Gasteiger partial charge in [-0.05, 0) is 30.6 Å². The van der Waals surface area contributed by atoms with Gasteiger partial charge in [-0.25, -0.2) is 0 Å². The summed E-state index contributed by atoms with van der Waals surface area (Å²) in [5.74, 6) is 0. The topological polar surface area (TPSA) is 24.1 Å². The number of nitrogens with one attached hydrogen (secondary N) is 2. The highest BCUT2D eigenvalue weighted by Gasteiger charge is 2.36. The first-order valence-corrected chi connectivity index (χ1v) is 7.05. The summed E-state index contributed by atoms with van der Waals surface area (Å²) in [5.41, 5.74) is 0.500. The third kappa shape index (κ3) is 3.85. The second-order valence-corrected chi connectivity index (χ2v) is 5.49. The van der Waals surface area contributed by atoms with Gasteiger partial charge in [-0.15, -0.1) is 0 Å². The lowest BCUT2D eigenvalue weighted by atomic mass is 9.76. The summed E-state index contributed by atoms with van der Waals surface area (Å²) in [6.45, 7) is 0. The number of alkyl halides is 3. The average molecular weight is 302 g/mol. The molecule has 0 bridgehead atoms. The predicted octanol–water partition coefficient (Wildman–Crippen LogP) is 3.83. The minimum atomic E-state index is -4.50. The smallest absolute Gasteiger partial charge is 0.353 e. The van der Waals surface area contributed by atoms with E-state index in [0.29, 0.717) is 0 Å². The van der Waals surface area contributed by atoms with Gasteiger partial charge in [0.15, 0.2) is 5.11 Å². The van der Waals surface area contributed by atoms with Crippen LogP contribution in [0.4, 0.5) is 13.2 Å². The molecule has 6 heteroatoms. The quantitative estimate of drug-likeness (QED) is 0.641. The van der Waals surface area contributed by atoms with Crippen LogP contribution in [0.1, 0.15) is 37.7 Å². The van der Waals surface area contributed by atoms with Crippen LogP contribution in [-0.2, 0) is 5.54 Å². The molecule has 0 heterocycles. The highest BCUT2D eigenvalue weighted by Crippen LogP contribution is 2.37. The lowest BCUT2D eigenvalue weighted by Crippen LogP contribution is -2.53. The normalized spacial score (nSPS) is 18.4. The molecule has 1 saturated carbocycles. The Labute approximate surface area is 121 Å². The average Bonchev–Trinajstić information content (AvgIpc) is 2.38. The first-order valence-electron chi connectivity index (χ1n) is 6.64. The molecule has 1 aromatic rings. The third-order valence-electron chi connectivity index (χ3n) is 3.64. The summed E-state index contributed by atoms with van der Waals surface area (Å²) in [4.78, 5) is 0. The predicted molar refractivity (Wildman–Crippen MR) is 76.1 cm³/mol. The second kappa shape index (κ2) is 5.99. The van der Waals surface area contributed by atoms with Gasteiger partial charge in [0, 0.05) is 0 Å². The van der Waals surface area contributed by atoms with E-state index < -0.39 is 11.8 Å². The van der Waals surface area contributed by atoms with Crippen molar-refractivity contribution in [3.8, 4) is 0 Å². The van der Waals surface area contributed by atoms with E-state index in [1.54, 1.807) is 0 Å². The van der Waals surface area contributed by atoms with Crippen molar-refractivity contribution in [3.63, 3.8) is 0 Å². The Morgan fingerprint density at radius 3 is 2.20 bits per heavy atom. The maximum absolute atomic E-state index is 12.3. The number of halogens is 3. The molecule has 110 valence electrons. The van der Waals surface area contributed by atoms with Crippen molar-refractivity contribution in [3.05, 3.63) is 35.9 Å². The van der Waals surface area contributed by atoms with Gasteiger partial charge in [0.25, 0.3) is 0 Å². The molecular weight excluding hydrogens is 285 g/mol. The van der Waals surface area contributed by atoms with Gasteiger partial charge in [0.1, 0.15) is 0 Å². The molecule has 0 radical (unpaired) electrons. The maximum atomic E-state index is 12.3. The summed E-state index contributed by atoms with van der Waals surface area (Å²) in [6.07, 6.45) is 0.146. The van der Waals surface area contributed by atoms with E-state index in [2.05, 4.69) is 5.32 Å². The van der Waals surface area contributed by atoms with Crippen LogP contribution in [0.5, 0.6) is 0 Å². The van der Waals surface area contributed by atoms with Gasteiger partial charge in [0.05, 0.1) is 5.54 Å². The zero-order valence-electron chi connectivity index (χ0n) is 11.0. The fourth-order valence-corrected chi connectivity index (χ4v) is 3.09. The molecule has 2 N–H and O–H groups in total. The summed E-state index contributed by atoms with van der Waals surface area (Å²) >= 11 is 4.81. The molecule has 0 atom stereocenters. The molecule has 0 unspecified atom stereocenters. The Balaban J connectivity index is 2.18. The molecule has 0 saturated heterocycles. The Hall–Kier alpha value is -1.30. The number of hydrogen-bond donors (Lipinski definition) is 2. The zero-order chi connectivity index (χ0) is 14.6. The largest absolute Gasteiger partial charge is 0.484 e. The fourth-order valence-electron chi connectivity index (χ4n) is 2.78. The Kier molecular flexibility index (Phi) is 4.52. The summed E-state index contributed by atoms with van der Waals surface area (Å²) in [5, 5.41) is 3.93. The molecule has 0 aliphatic heterocycles. The molecule has 0 aromatic heterocycles. The van der Waals surface area contributed by atoms with E-state index >= 15 is 0 Å². The molecule has 20 heavy (non-hydrogen) atoms. The monoisotopic (exact) mass is 302 g/mol. The van der Waals surface area contributed by atoms with Gasteiger partial charge in [0.2, 0.25) is 0 Å². The lowest BCUT2D eigenvalue weighted by Gasteiger charge is -2.39. The Morgan fingerprint density at radius 1 is 1.05 bits per heavy atom. The van der Waals surface area contributed by atoms with Crippen LogP contribution in [0.25, 0.3) is 0 Å². The van der Waals surface area contributed by atoms with Crippen molar-refractivity contribution in [2.45, 2.75) is 43.9 Å². The summed E-state index contributed by atoms with van der Waals surface area (Å²) in [6, 6.07) is 9.57. The van der Waals surface area contributed by atoms with E-state index in [9.17, 15) is 13.2 Å². The first kappa shape index (κ1) is 15.1. The molecule has 1 aliphatic rings. The van der Waals surface area contributed by atoms with Crippen molar-refractivity contribution in [2.24, 2.45) is 0 Å². The summed E-state index contributed by atoms with van der Waals surface area (Å²) < 4.78 is 37.0. The van der Waals surface area contributed by atoms with Crippen molar-refractivity contribution in [1.82, 2.24) is 10.6 Å². The van der Waals surface area contributed by atoms with Gasteiger partial charge in [-0.3, -0.25) is 5.32 Å². The standard InChI is InChI=1S/C14H17F3N2S/c15-14(16,17)19-12(20)18-13(9-5-2-6-10-13)11-7-3-1-4-8-11/h1,3-4,7-8H,2,5-6,9-10H2,(H2,18,19,20). The highest BCUT2D eigenvalue weighted by atomic mass is 32.1. The number of thiocarbonyl (C=S) groups is 1. The van der Waals surface area contributed by atoms with Crippen LogP contribution < -0.4 is 10.6 Å². The maximum Gasteiger partial charge on any atom is 0.484 e. The minimum Gasteiger partial charge on any atom is -0.353 e. The van der Waals surface area contributed by atoms with Crippen LogP contribution >= 0.6 is 12.2 Å². The van der Waals surface area contributed by atoms with Gasteiger partial charge in [-0.1, -0.05) is 49.6 Å². The van der Waals surface area contributed by atoms with Crippen LogP contribution in [0.2, 0.25) is 0 Å². The third-order valence-corrected chi connectivity index (χ3v) is 3.85. The van der Waals surface area contributed by atoms with E-state index in [-0.39, 0.29) is 5.11 Å². The molecule has 1 aliphatic carbocycles. The number of hydrogen-bond acceptors (Lipinski definition) is 1. The molecule has 1 fully saturated rings. The molecule has 2 nitrogen and oxygen atoms in total. The number of benzene rings is 1. The van der Waals surface area contributed by atoms with Crippen LogP contribution in [0, 0.1) is 0 Å². The Bertz CT molecular complexity index is 453. The van der Waals surface area contributed by atoms with Gasteiger partial charge < -0.3 is 5.32 Å². The van der Waals surface area contributed by atoms with Crippen molar-refractivity contribution in [1.29, 1.82) is 0 Å².